The zero-order valence-electron chi connectivity index (χ0n) is 8.40. The number of hydrogen-bond donors (Lipinski definition) is 0. The van der Waals surface area contributed by atoms with Gasteiger partial charge < -0.3 is 0 Å². The molecular weight excluding hydrogens is 200 g/mol. The highest BCUT2D eigenvalue weighted by atomic mass is 29.1. The largest absolute Gasteiger partial charge is 0.0704 e. The van der Waals surface area contributed by atoms with Crippen LogP contribution in [-0.4, -0.2) is 18.8 Å². The molecule has 2 heteroatoms. The topological polar surface area (TPSA) is 0 Å². The lowest BCUT2D eigenvalue weighted by molar-refractivity contribution is 1.64. The highest BCUT2D eigenvalue weighted by Crippen LogP contribution is 2.16. The average Bonchev–Trinajstić information content (AvgIpc) is 2.30. The number of hydrogen-bond acceptors (Lipinski definition) is 0. The zero-order valence-corrected chi connectivity index (χ0v) is 11.8. The van der Waals surface area contributed by atoms with E-state index >= 15 is 0 Å². The van der Waals surface area contributed by atoms with Gasteiger partial charge in [-0.05, 0) is 20.9 Å². The third kappa shape index (κ3) is 2.03. The predicted molar refractivity (Wildman–Crippen MR) is 70.0 cm³/mol. The lowest BCUT2D eigenvalue weighted by Gasteiger charge is -2.02. The van der Waals surface area contributed by atoms with Crippen LogP contribution in [0.15, 0.2) is 54.6 Å². The quantitative estimate of drug-likeness (QED) is 0.636. The standard InChI is InChI=1S/C12H14Si2/c13-14-12-8-6-11(7-9-12)10-4-2-1-3-5-10/h1-9H,14H2,13H3. The minimum atomic E-state index is 0.134. The molecule has 0 aliphatic rings. The second kappa shape index (κ2) is 4.39. The van der Waals surface area contributed by atoms with E-state index in [2.05, 4.69) is 54.6 Å². The maximum atomic E-state index is 2.29. The molecule has 0 atom stereocenters. The summed E-state index contributed by atoms with van der Waals surface area (Å²) in [6, 6.07) is 19.6. The van der Waals surface area contributed by atoms with Crippen LogP contribution in [0.5, 0.6) is 0 Å². The van der Waals surface area contributed by atoms with Crippen LogP contribution in [0.1, 0.15) is 0 Å². The van der Waals surface area contributed by atoms with Crippen molar-refractivity contribution in [2.75, 3.05) is 0 Å². The number of rotatable bonds is 2. The van der Waals surface area contributed by atoms with Gasteiger partial charge in [0.15, 0.2) is 0 Å². The van der Waals surface area contributed by atoms with Crippen molar-refractivity contribution in [3.8, 4) is 11.1 Å². The molecule has 0 bridgehead atoms. The van der Waals surface area contributed by atoms with E-state index in [-0.39, 0.29) is 9.04 Å². The van der Waals surface area contributed by atoms with E-state index in [1.54, 1.807) is 5.19 Å². The van der Waals surface area contributed by atoms with Gasteiger partial charge in [0.2, 0.25) is 0 Å². The van der Waals surface area contributed by atoms with Crippen LogP contribution < -0.4 is 5.19 Å². The van der Waals surface area contributed by atoms with E-state index in [4.69, 9.17) is 0 Å². The molecule has 0 unspecified atom stereocenters. The third-order valence-corrected chi connectivity index (χ3v) is 6.21. The summed E-state index contributed by atoms with van der Waals surface area (Å²) in [5.41, 5.74) is 2.65. The molecule has 0 saturated carbocycles. The first-order chi connectivity index (χ1) is 6.90. The zero-order chi connectivity index (χ0) is 9.80. The van der Waals surface area contributed by atoms with Gasteiger partial charge in [-0.15, -0.1) is 0 Å². The van der Waals surface area contributed by atoms with Crippen molar-refractivity contribution in [3.63, 3.8) is 0 Å². The van der Waals surface area contributed by atoms with Gasteiger partial charge >= 0.3 is 0 Å². The fourth-order valence-corrected chi connectivity index (χ4v) is 3.68. The summed E-state index contributed by atoms with van der Waals surface area (Å²) < 4.78 is 0. The molecule has 0 aliphatic carbocycles. The van der Waals surface area contributed by atoms with Crippen LogP contribution in [-0.2, 0) is 0 Å². The third-order valence-electron chi connectivity index (χ3n) is 2.47. The summed E-state index contributed by atoms with van der Waals surface area (Å²) in [7, 11) is 1.52. The van der Waals surface area contributed by atoms with E-state index in [0.29, 0.717) is 0 Å². The van der Waals surface area contributed by atoms with Gasteiger partial charge in [0.25, 0.3) is 0 Å². The molecule has 0 radical (unpaired) electrons. The smallest absolute Gasteiger partial charge is 0.0384 e. The van der Waals surface area contributed by atoms with E-state index in [9.17, 15) is 0 Å². The first-order valence-corrected chi connectivity index (χ1v) is 11.4. The molecule has 0 nitrogen and oxygen atoms in total. The normalized spacial score (nSPS) is 11.1. The highest BCUT2D eigenvalue weighted by molar-refractivity contribution is 6.97. The summed E-state index contributed by atoms with van der Waals surface area (Å²) in [6.45, 7) is 0. The minimum Gasteiger partial charge on any atom is -0.0704 e. The van der Waals surface area contributed by atoms with Crippen molar-refractivity contribution in [1.29, 1.82) is 0 Å². The fourth-order valence-electron chi connectivity index (χ4n) is 1.56. The van der Waals surface area contributed by atoms with Crippen molar-refractivity contribution >= 4 is 24.0 Å². The molecule has 0 aliphatic heterocycles. The predicted octanol–water partition coefficient (Wildman–Crippen LogP) is 0.428. The average molecular weight is 214 g/mol. The van der Waals surface area contributed by atoms with Crippen LogP contribution in [0.3, 0.4) is 0 Å². The Morgan fingerprint density at radius 2 is 1.29 bits per heavy atom. The van der Waals surface area contributed by atoms with Crippen LogP contribution in [0.25, 0.3) is 11.1 Å². The Balaban J connectivity index is 2.34. The van der Waals surface area contributed by atoms with E-state index in [1.807, 2.05) is 0 Å². The minimum absolute atomic E-state index is 0.134. The molecule has 2 aromatic carbocycles. The first-order valence-electron chi connectivity index (χ1n) is 5.04. The van der Waals surface area contributed by atoms with Crippen LogP contribution in [0.2, 0.25) is 0 Å². The molecule has 70 valence electrons. The second-order valence-corrected chi connectivity index (χ2v) is 7.06. The Bertz CT molecular complexity index is 392. The number of benzene rings is 2. The van der Waals surface area contributed by atoms with Gasteiger partial charge in [0.1, 0.15) is 0 Å². The summed E-state index contributed by atoms with van der Waals surface area (Å²) in [5.74, 6) is 0. The van der Waals surface area contributed by atoms with E-state index in [1.165, 1.54) is 20.9 Å². The van der Waals surface area contributed by atoms with Gasteiger partial charge in [-0.1, -0.05) is 59.8 Å². The summed E-state index contributed by atoms with van der Waals surface area (Å²) in [4.78, 5) is 0. The van der Waals surface area contributed by atoms with E-state index < -0.39 is 0 Å². The highest BCUT2D eigenvalue weighted by Gasteiger charge is 1.95. The fraction of sp³-hybridized carbons (Fsp3) is 0. The molecule has 0 fully saturated rings. The SMILES string of the molecule is [SiH3][SiH2]c1ccc(-c2ccccc2)cc1. The molecule has 0 aromatic heterocycles. The van der Waals surface area contributed by atoms with Crippen LogP contribution in [0.4, 0.5) is 0 Å². The van der Waals surface area contributed by atoms with Gasteiger partial charge in [0.05, 0.1) is 0 Å². The molecule has 0 amide bonds. The van der Waals surface area contributed by atoms with Crippen LogP contribution in [0, 0.1) is 0 Å². The van der Waals surface area contributed by atoms with Crippen molar-refractivity contribution in [2.24, 2.45) is 0 Å². The van der Waals surface area contributed by atoms with Gasteiger partial charge in [0, 0.05) is 9.04 Å². The first kappa shape index (κ1) is 9.43. The molecule has 0 N–H and O–H groups in total. The van der Waals surface area contributed by atoms with Gasteiger partial charge in [-0.3, -0.25) is 0 Å². The maximum absolute atomic E-state index is 2.29. The molecule has 2 rings (SSSR count). The molecule has 0 heterocycles. The molecule has 0 saturated heterocycles. The second-order valence-electron chi connectivity index (χ2n) is 3.42. The van der Waals surface area contributed by atoms with E-state index in [0.717, 1.165) is 0 Å². The molecular formula is C12H14Si2. The Hall–Kier alpha value is -1.13. The molecule has 2 aromatic rings. The van der Waals surface area contributed by atoms with Gasteiger partial charge in [-0.2, -0.15) is 0 Å². The molecule has 14 heavy (non-hydrogen) atoms. The van der Waals surface area contributed by atoms with Crippen LogP contribution >= 0.6 is 0 Å². The lowest BCUT2D eigenvalue weighted by atomic mass is 10.1. The Kier molecular flexibility index (Phi) is 2.96. The summed E-state index contributed by atoms with van der Waals surface area (Å²) in [6.07, 6.45) is 0. The van der Waals surface area contributed by atoms with Crippen molar-refractivity contribution in [3.05, 3.63) is 54.6 Å². The summed E-state index contributed by atoms with van der Waals surface area (Å²) >= 11 is 0. The molecule has 0 spiro atoms. The van der Waals surface area contributed by atoms with Crippen molar-refractivity contribution in [1.82, 2.24) is 0 Å². The summed E-state index contributed by atoms with van der Waals surface area (Å²) in [5, 5.41) is 1.59. The maximum Gasteiger partial charge on any atom is 0.0384 e. The van der Waals surface area contributed by atoms with Crippen molar-refractivity contribution in [2.45, 2.75) is 0 Å². The van der Waals surface area contributed by atoms with Gasteiger partial charge in [-0.25, -0.2) is 0 Å². The Morgan fingerprint density at radius 3 is 1.86 bits per heavy atom. The lowest BCUT2D eigenvalue weighted by Crippen LogP contribution is -2.12. The Morgan fingerprint density at radius 1 is 0.714 bits per heavy atom. The van der Waals surface area contributed by atoms with Crippen molar-refractivity contribution < 1.29 is 0 Å². The monoisotopic (exact) mass is 214 g/mol. The Labute approximate surface area is 90.0 Å².